The summed E-state index contributed by atoms with van der Waals surface area (Å²) < 4.78 is 51.6. The van der Waals surface area contributed by atoms with Crippen LogP contribution in [0.15, 0.2) is 24.3 Å². The van der Waals surface area contributed by atoms with Gasteiger partial charge in [0.25, 0.3) is 5.91 Å². The molecular formula is C17H19F3N2O5. The van der Waals surface area contributed by atoms with Crippen LogP contribution < -0.4 is 10.1 Å². The average molecular weight is 388 g/mol. The zero-order valence-electron chi connectivity index (χ0n) is 14.8. The fraction of sp³-hybridized carbons (Fsp3) is 0.471. The smallest absolute Gasteiger partial charge is 0.442 e. The molecule has 10 heteroatoms. The number of likely N-dealkylation sites (tertiary alicyclic amines) is 1. The van der Waals surface area contributed by atoms with Crippen molar-refractivity contribution in [1.29, 1.82) is 0 Å². The number of alkyl halides is 3. The van der Waals surface area contributed by atoms with Gasteiger partial charge >= 0.3 is 17.8 Å². The van der Waals surface area contributed by atoms with Crippen molar-refractivity contribution in [2.24, 2.45) is 0 Å². The summed E-state index contributed by atoms with van der Waals surface area (Å²) in [7, 11) is 1.39. The van der Waals surface area contributed by atoms with E-state index in [-0.39, 0.29) is 31.6 Å². The molecule has 1 saturated heterocycles. The van der Waals surface area contributed by atoms with Gasteiger partial charge in [-0.25, -0.2) is 4.79 Å². The van der Waals surface area contributed by atoms with Crippen LogP contribution >= 0.6 is 0 Å². The van der Waals surface area contributed by atoms with Crippen LogP contribution in [-0.4, -0.2) is 54.8 Å². The Morgan fingerprint density at radius 2 is 1.85 bits per heavy atom. The Bertz CT molecular complexity index is 720. The highest BCUT2D eigenvalue weighted by molar-refractivity contribution is 6.00. The number of nitrogens with one attached hydrogen (secondary N) is 1. The lowest BCUT2D eigenvalue weighted by atomic mass is 10.1. The quantitative estimate of drug-likeness (QED) is 0.752. The average Bonchev–Trinajstić information content (AvgIpc) is 3.04. The molecule has 0 spiro atoms. The predicted octanol–water partition coefficient (Wildman–Crippen LogP) is 1.87. The molecule has 0 aromatic heterocycles. The highest BCUT2D eigenvalue weighted by Crippen LogP contribution is 2.37. The number of nitrogens with zero attached hydrogens (tertiary/aromatic N) is 1. The molecule has 0 bridgehead atoms. The van der Waals surface area contributed by atoms with E-state index < -0.39 is 29.6 Å². The lowest BCUT2D eigenvalue weighted by Gasteiger charge is -2.40. The van der Waals surface area contributed by atoms with Crippen LogP contribution in [0.1, 0.15) is 30.1 Å². The Labute approximate surface area is 153 Å². The Kier molecular flexibility index (Phi) is 5.97. The number of ether oxygens (including phenoxy) is 2. The third kappa shape index (κ3) is 3.83. The normalized spacial score (nSPS) is 16.6. The SMILES string of the molecule is CCOC(=O)[C@](NC(=O)c1ccc(OC)cc1)(N1CCCC1=O)C(F)(F)F. The molecular weight excluding hydrogens is 369 g/mol. The Balaban J connectivity index is 2.48. The number of rotatable bonds is 6. The van der Waals surface area contributed by atoms with Gasteiger partial charge in [-0.1, -0.05) is 0 Å². The molecule has 1 aromatic rings. The lowest BCUT2D eigenvalue weighted by Crippen LogP contribution is -2.74. The van der Waals surface area contributed by atoms with E-state index >= 15 is 0 Å². The van der Waals surface area contributed by atoms with E-state index in [0.717, 1.165) is 0 Å². The number of methoxy groups -OCH3 is 1. The van der Waals surface area contributed by atoms with Gasteiger partial charge in [0.15, 0.2) is 0 Å². The molecule has 0 unspecified atom stereocenters. The van der Waals surface area contributed by atoms with Crippen molar-refractivity contribution in [2.45, 2.75) is 31.6 Å². The number of carbonyl (C=O) groups is 3. The van der Waals surface area contributed by atoms with Gasteiger partial charge < -0.3 is 19.7 Å². The highest BCUT2D eigenvalue weighted by Gasteiger charge is 2.68. The summed E-state index contributed by atoms with van der Waals surface area (Å²) in [6.07, 6.45) is -5.31. The van der Waals surface area contributed by atoms with Crippen molar-refractivity contribution < 1.29 is 37.0 Å². The van der Waals surface area contributed by atoms with Crippen molar-refractivity contribution in [1.82, 2.24) is 10.2 Å². The molecule has 27 heavy (non-hydrogen) atoms. The van der Waals surface area contributed by atoms with E-state index in [9.17, 15) is 27.6 Å². The monoisotopic (exact) mass is 388 g/mol. The molecule has 1 fully saturated rings. The number of hydrogen-bond donors (Lipinski definition) is 1. The topological polar surface area (TPSA) is 84.9 Å². The third-order valence-corrected chi connectivity index (χ3v) is 4.11. The molecule has 2 rings (SSSR count). The van der Waals surface area contributed by atoms with Gasteiger partial charge in [0, 0.05) is 18.5 Å². The molecule has 0 saturated carbocycles. The summed E-state index contributed by atoms with van der Waals surface area (Å²) in [5, 5.41) is 1.71. The minimum Gasteiger partial charge on any atom is -0.497 e. The van der Waals surface area contributed by atoms with Gasteiger partial charge in [-0.15, -0.1) is 0 Å². The van der Waals surface area contributed by atoms with Crippen molar-refractivity contribution >= 4 is 17.8 Å². The maximum atomic E-state index is 14.0. The number of amides is 2. The molecule has 1 aromatic carbocycles. The molecule has 2 amide bonds. The first kappa shape index (κ1) is 20.5. The molecule has 0 aliphatic carbocycles. The largest absolute Gasteiger partial charge is 0.497 e. The van der Waals surface area contributed by atoms with E-state index in [1.165, 1.54) is 38.3 Å². The van der Waals surface area contributed by atoms with Crippen LogP contribution in [0.3, 0.4) is 0 Å². The van der Waals surface area contributed by atoms with Gasteiger partial charge in [-0.3, -0.25) is 9.59 Å². The maximum Gasteiger partial charge on any atom is 0.442 e. The maximum absolute atomic E-state index is 14.0. The minimum absolute atomic E-state index is 0.133. The second kappa shape index (κ2) is 7.85. The first-order valence-electron chi connectivity index (χ1n) is 8.18. The van der Waals surface area contributed by atoms with Crippen molar-refractivity contribution in [3.8, 4) is 5.75 Å². The summed E-state index contributed by atoms with van der Waals surface area (Å²) in [6, 6.07) is 5.25. The molecule has 1 heterocycles. The van der Waals surface area contributed by atoms with Crippen molar-refractivity contribution in [3.63, 3.8) is 0 Å². The van der Waals surface area contributed by atoms with Crippen LogP contribution in [0.2, 0.25) is 0 Å². The first-order valence-corrected chi connectivity index (χ1v) is 8.18. The molecule has 1 aliphatic heterocycles. The zero-order valence-corrected chi connectivity index (χ0v) is 14.8. The standard InChI is InChI=1S/C17H19F3N2O5/c1-3-27-15(25)16(17(18,19)20,22-10-4-5-13(22)23)21-14(24)11-6-8-12(26-2)9-7-11/h6-9H,3-5,10H2,1-2H3,(H,21,24)/t16-/m0/s1. The number of halogens is 3. The van der Waals surface area contributed by atoms with Crippen LogP contribution in [-0.2, 0) is 14.3 Å². The summed E-state index contributed by atoms with van der Waals surface area (Å²) in [5.74, 6) is -3.43. The van der Waals surface area contributed by atoms with E-state index in [1.807, 2.05) is 0 Å². The zero-order chi connectivity index (χ0) is 20.2. The van der Waals surface area contributed by atoms with Crippen LogP contribution in [0, 0.1) is 0 Å². The van der Waals surface area contributed by atoms with Crippen molar-refractivity contribution in [3.05, 3.63) is 29.8 Å². The minimum atomic E-state index is -5.29. The van der Waals surface area contributed by atoms with E-state index in [0.29, 0.717) is 10.6 Å². The third-order valence-electron chi connectivity index (χ3n) is 4.11. The first-order chi connectivity index (χ1) is 12.7. The molecule has 1 aliphatic rings. The predicted molar refractivity (Wildman–Crippen MR) is 86.8 cm³/mol. The van der Waals surface area contributed by atoms with Crippen LogP contribution in [0.5, 0.6) is 5.75 Å². The van der Waals surface area contributed by atoms with Gasteiger partial charge in [0.1, 0.15) is 5.75 Å². The molecule has 148 valence electrons. The van der Waals surface area contributed by atoms with Crippen LogP contribution in [0.4, 0.5) is 13.2 Å². The number of benzene rings is 1. The summed E-state index contributed by atoms with van der Waals surface area (Å²) in [6.45, 7) is 0.646. The van der Waals surface area contributed by atoms with E-state index in [2.05, 4.69) is 4.74 Å². The Morgan fingerprint density at radius 1 is 1.22 bits per heavy atom. The number of hydrogen-bond acceptors (Lipinski definition) is 5. The van der Waals surface area contributed by atoms with Crippen LogP contribution in [0.25, 0.3) is 0 Å². The number of carbonyl (C=O) groups excluding carboxylic acids is 3. The molecule has 1 N–H and O–H groups in total. The lowest BCUT2D eigenvalue weighted by molar-refractivity contribution is -0.243. The summed E-state index contributed by atoms with van der Waals surface area (Å²) in [4.78, 5) is 37.2. The summed E-state index contributed by atoms with van der Waals surface area (Å²) in [5.41, 5.74) is -3.73. The van der Waals surface area contributed by atoms with Gasteiger partial charge in [0.05, 0.1) is 13.7 Å². The van der Waals surface area contributed by atoms with Crippen molar-refractivity contribution in [2.75, 3.05) is 20.3 Å². The molecule has 1 atom stereocenters. The second-order valence-corrected chi connectivity index (χ2v) is 5.76. The van der Waals surface area contributed by atoms with Gasteiger partial charge in [0.2, 0.25) is 5.91 Å². The van der Waals surface area contributed by atoms with Gasteiger partial charge in [-0.05, 0) is 37.6 Å². The second-order valence-electron chi connectivity index (χ2n) is 5.76. The molecule has 0 radical (unpaired) electrons. The number of esters is 1. The fourth-order valence-corrected chi connectivity index (χ4v) is 2.79. The van der Waals surface area contributed by atoms with E-state index in [1.54, 1.807) is 5.32 Å². The Morgan fingerprint density at radius 3 is 2.30 bits per heavy atom. The highest BCUT2D eigenvalue weighted by atomic mass is 19.4. The fourth-order valence-electron chi connectivity index (χ4n) is 2.79. The summed E-state index contributed by atoms with van der Waals surface area (Å²) >= 11 is 0. The van der Waals surface area contributed by atoms with E-state index in [4.69, 9.17) is 4.74 Å². The Hall–Kier alpha value is -2.78. The molecule has 7 nitrogen and oxygen atoms in total. The van der Waals surface area contributed by atoms with Gasteiger partial charge in [-0.2, -0.15) is 13.2 Å².